The summed E-state index contributed by atoms with van der Waals surface area (Å²) in [7, 11) is 2.21. The molecule has 3 nitrogen and oxygen atoms in total. The Balaban J connectivity index is 1.93. The predicted molar refractivity (Wildman–Crippen MR) is 108 cm³/mol. The molecule has 0 saturated heterocycles. The Bertz CT molecular complexity index is 643. The van der Waals surface area contributed by atoms with Crippen LogP contribution in [0.3, 0.4) is 0 Å². The van der Waals surface area contributed by atoms with Gasteiger partial charge >= 0.3 is 0 Å². The maximum absolute atomic E-state index is 11.1. The SMILES string of the molecule is CCCC(Sc1ccc(NC(C)=O)cc1)N(C)CCc1ccccc1. The van der Waals surface area contributed by atoms with Crippen LogP contribution in [-0.4, -0.2) is 29.8 Å². The number of anilines is 1. The lowest BCUT2D eigenvalue weighted by Gasteiger charge is -2.27. The summed E-state index contributed by atoms with van der Waals surface area (Å²) in [6, 6.07) is 18.8. The van der Waals surface area contributed by atoms with E-state index in [4.69, 9.17) is 0 Å². The summed E-state index contributed by atoms with van der Waals surface area (Å²) in [4.78, 5) is 14.8. The topological polar surface area (TPSA) is 32.3 Å². The second kappa shape index (κ2) is 10.3. The van der Waals surface area contributed by atoms with Gasteiger partial charge in [0.25, 0.3) is 0 Å². The lowest BCUT2D eigenvalue weighted by atomic mass is 10.1. The highest BCUT2D eigenvalue weighted by Crippen LogP contribution is 2.29. The Morgan fingerprint density at radius 3 is 2.40 bits per heavy atom. The molecule has 0 fully saturated rings. The van der Waals surface area contributed by atoms with Crippen molar-refractivity contribution < 1.29 is 4.79 Å². The summed E-state index contributed by atoms with van der Waals surface area (Å²) in [5, 5.41) is 3.27. The number of nitrogens with one attached hydrogen (secondary N) is 1. The second-order valence-corrected chi connectivity index (χ2v) is 7.53. The van der Waals surface area contributed by atoms with Gasteiger partial charge in [0.15, 0.2) is 0 Å². The first kappa shape index (κ1) is 19.5. The van der Waals surface area contributed by atoms with Gasteiger partial charge in [-0.1, -0.05) is 43.7 Å². The minimum atomic E-state index is -0.0371. The lowest BCUT2D eigenvalue weighted by molar-refractivity contribution is -0.114. The number of thioether (sulfide) groups is 1. The molecule has 1 atom stereocenters. The molecule has 4 heteroatoms. The van der Waals surface area contributed by atoms with Crippen LogP contribution < -0.4 is 5.32 Å². The van der Waals surface area contributed by atoms with Crippen molar-refractivity contribution in [2.75, 3.05) is 18.9 Å². The lowest BCUT2D eigenvalue weighted by Crippen LogP contribution is -2.30. The summed E-state index contributed by atoms with van der Waals surface area (Å²) in [6.07, 6.45) is 3.39. The van der Waals surface area contributed by atoms with Crippen molar-refractivity contribution in [3.05, 3.63) is 60.2 Å². The van der Waals surface area contributed by atoms with E-state index in [9.17, 15) is 4.79 Å². The van der Waals surface area contributed by atoms with E-state index in [0.29, 0.717) is 5.37 Å². The molecule has 0 radical (unpaired) electrons. The first-order valence-corrected chi connectivity index (χ1v) is 9.75. The minimum Gasteiger partial charge on any atom is -0.326 e. The Hall–Kier alpha value is -1.78. The molecule has 1 amide bonds. The number of nitrogens with zero attached hydrogens (tertiary/aromatic N) is 1. The van der Waals surface area contributed by atoms with Gasteiger partial charge in [-0.15, -0.1) is 11.8 Å². The van der Waals surface area contributed by atoms with Crippen LogP contribution in [0, 0.1) is 0 Å². The van der Waals surface area contributed by atoms with Gasteiger partial charge in [-0.2, -0.15) is 0 Å². The van der Waals surface area contributed by atoms with Crippen molar-refractivity contribution in [3.63, 3.8) is 0 Å². The maximum atomic E-state index is 11.1. The molecule has 0 saturated carbocycles. The Morgan fingerprint density at radius 1 is 1.12 bits per heavy atom. The highest BCUT2D eigenvalue weighted by molar-refractivity contribution is 7.99. The average molecular weight is 357 g/mol. The van der Waals surface area contributed by atoms with E-state index in [0.717, 1.165) is 31.5 Å². The van der Waals surface area contributed by atoms with Gasteiger partial charge in [0.05, 0.1) is 5.37 Å². The molecule has 134 valence electrons. The Morgan fingerprint density at radius 2 is 1.80 bits per heavy atom. The summed E-state index contributed by atoms with van der Waals surface area (Å²) in [5.41, 5.74) is 2.23. The molecule has 2 aromatic carbocycles. The van der Waals surface area contributed by atoms with Gasteiger partial charge in [-0.3, -0.25) is 9.69 Å². The fraction of sp³-hybridized carbons (Fsp3) is 0.381. The minimum absolute atomic E-state index is 0.0371. The van der Waals surface area contributed by atoms with Crippen molar-refractivity contribution in [3.8, 4) is 0 Å². The summed E-state index contributed by atoms with van der Waals surface area (Å²) in [6.45, 7) is 4.81. The third-order valence-electron chi connectivity index (χ3n) is 4.07. The van der Waals surface area contributed by atoms with E-state index >= 15 is 0 Å². The van der Waals surface area contributed by atoms with Gasteiger partial charge in [0.2, 0.25) is 5.91 Å². The monoisotopic (exact) mass is 356 g/mol. The van der Waals surface area contributed by atoms with Gasteiger partial charge in [-0.05, 0) is 49.7 Å². The van der Waals surface area contributed by atoms with Crippen LogP contribution in [-0.2, 0) is 11.2 Å². The largest absolute Gasteiger partial charge is 0.326 e. The second-order valence-electron chi connectivity index (χ2n) is 6.28. The van der Waals surface area contributed by atoms with Crippen LogP contribution in [0.1, 0.15) is 32.3 Å². The number of carbonyl (C=O) groups is 1. The number of hydrogen-bond donors (Lipinski definition) is 1. The molecule has 1 unspecified atom stereocenters. The number of amides is 1. The quantitative estimate of drug-likeness (QED) is 0.505. The first-order valence-electron chi connectivity index (χ1n) is 8.87. The van der Waals surface area contributed by atoms with Crippen molar-refractivity contribution in [1.29, 1.82) is 0 Å². The fourth-order valence-electron chi connectivity index (χ4n) is 2.69. The molecule has 0 spiro atoms. The molecule has 0 aliphatic carbocycles. The smallest absolute Gasteiger partial charge is 0.221 e. The molecular weight excluding hydrogens is 328 g/mol. The molecule has 0 aliphatic rings. The Labute approximate surface area is 155 Å². The van der Waals surface area contributed by atoms with Gasteiger partial charge in [0, 0.05) is 24.1 Å². The summed E-state index contributed by atoms with van der Waals surface area (Å²) in [5.74, 6) is -0.0371. The predicted octanol–water partition coefficient (Wildman–Crippen LogP) is 5.04. The molecule has 0 aromatic heterocycles. The zero-order chi connectivity index (χ0) is 18.1. The average Bonchev–Trinajstić information content (AvgIpc) is 2.61. The fourth-order valence-corrected chi connectivity index (χ4v) is 3.93. The maximum Gasteiger partial charge on any atom is 0.221 e. The third-order valence-corrected chi connectivity index (χ3v) is 5.48. The summed E-state index contributed by atoms with van der Waals surface area (Å²) >= 11 is 1.90. The van der Waals surface area contributed by atoms with Crippen molar-refractivity contribution >= 4 is 23.4 Å². The number of rotatable bonds is 9. The van der Waals surface area contributed by atoms with Crippen molar-refractivity contribution in [2.45, 2.75) is 43.4 Å². The zero-order valence-corrected chi connectivity index (χ0v) is 16.2. The Kier molecular flexibility index (Phi) is 8.02. The van der Waals surface area contributed by atoms with Crippen molar-refractivity contribution in [1.82, 2.24) is 4.90 Å². The van der Waals surface area contributed by atoms with Crippen molar-refractivity contribution in [2.24, 2.45) is 0 Å². The first-order chi connectivity index (χ1) is 12.1. The van der Waals surface area contributed by atoms with Crippen LogP contribution in [0.4, 0.5) is 5.69 Å². The molecule has 2 rings (SSSR count). The molecule has 25 heavy (non-hydrogen) atoms. The van der Waals surface area contributed by atoms with E-state index in [-0.39, 0.29) is 5.91 Å². The normalized spacial score (nSPS) is 12.2. The van der Waals surface area contributed by atoms with E-state index < -0.39 is 0 Å². The highest BCUT2D eigenvalue weighted by atomic mass is 32.2. The van der Waals surface area contributed by atoms with E-state index in [1.54, 1.807) is 0 Å². The zero-order valence-electron chi connectivity index (χ0n) is 15.4. The highest BCUT2D eigenvalue weighted by Gasteiger charge is 2.15. The standard InChI is InChI=1S/C21H28N2OS/c1-4-8-21(23(3)16-15-18-9-6-5-7-10-18)25-20-13-11-19(12-14-20)22-17(2)24/h5-7,9-14,21H,4,8,15-16H2,1-3H3,(H,22,24). The van der Waals surface area contributed by atoms with Crippen LogP contribution >= 0.6 is 11.8 Å². The van der Waals surface area contributed by atoms with E-state index in [2.05, 4.69) is 66.7 Å². The molecular formula is C21H28N2OS. The molecule has 0 bridgehead atoms. The molecule has 1 N–H and O–H groups in total. The molecule has 0 heterocycles. The number of hydrogen-bond acceptors (Lipinski definition) is 3. The van der Waals surface area contributed by atoms with Crippen LogP contribution in [0.2, 0.25) is 0 Å². The van der Waals surface area contributed by atoms with Crippen LogP contribution in [0.15, 0.2) is 59.5 Å². The molecule has 2 aromatic rings. The van der Waals surface area contributed by atoms with Crippen LogP contribution in [0.5, 0.6) is 0 Å². The van der Waals surface area contributed by atoms with Gasteiger partial charge < -0.3 is 5.32 Å². The van der Waals surface area contributed by atoms with E-state index in [1.165, 1.54) is 17.4 Å². The third kappa shape index (κ3) is 6.92. The van der Waals surface area contributed by atoms with Crippen LogP contribution in [0.25, 0.3) is 0 Å². The number of carbonyl (C=O) groups excluding carboxylic acids is 1. The van der Waals surface area contributed by atoms with Gasteiger partial charge in [-0.25, -0.2) is 0 Å². The summed E-state index contributed by atoms with van der Waals surface area (Å²) < 4.78 is 0. The van der Waals surface area contributed by atoms with Gasteiger partial charge in [0.1, 0.15) is 0 Å². The van der Waals surface area contributed by atoms with E-state index in [1.807, 2.05) is 23.9 Å². The molecule has 0 aliphatic heterocycles. The number of benzene rings is 2. The number of likely N-dealkylation sites (N-methyl/N-ethyl adjacent to an activating group) is 1.